The van der Waals surface area contributed by atoms with Gasteiger partial charge in [-0.3, -0.25) is 0 Å². The van der Waals surface area contributed by atoms with Crippen LogP contribution in [0.25, 0.3) is 0 Å². The van der Waals surface area contributed by atoms with E-state index in [1.807, 2.05) is 6.92 Å². The largest absolute Gasteiger partial charge is 0.481 e. The molecule has 4 nitrogen and oxygen atoms in total. The van der Waals surface area contributed by atoms with Crippen LogP contribution in [0, 0.1) is 6.92 Å². The highest BCUT2D eigenvalue weighted by atomic mass is 79.9. The highest BCUT2D eigenvalue weighted by molar-refractivity contribution is 9.09. The number of alkyl halides is 1. The van der Waals surface area contributed by atoms with Gasteiger partial charge in [-0.25, -0.2) is 9.97 Å². The van der Waals surface area contributed by atoms with Crippen LogP contribution in [0.15, 0.2) is 6.33 Å². The first-order chi connectivity index (χ1) is 7.24. The Balaban J connectivity index is 3.01. The lowest BCUT2D eigenvalue weighted by atomic mass is 10.3. The molecule has 0 saturated carbocycles. The van der Waals surface area contributed by atoms with Crippen LogP contribution in [0.4, 0.5) is 5.82 Å². The first-order valence-electron chi connectivity index (χ1n) is 4.91. The lowest BCUT2D eigenvalue weighted by molar-refractivity contribution is 0.393. The summed E-state index contributed by atoms with van der Waals surface area (Å²) in [6.45, 7) is 5.94. The second-order valence-electron chi connectivity index (χ2n) is 3.10. The highest BCUT2D eigenvalue weighted by Gasteiger charge is 2.12. The Morgan fingerprint density at radius 3 is 2.73 bits per heavy atom. The van der Waals surface area contributed by atoms with E-state index >= 15 is 0 Å². The van der Waals surface area contributed by atoms with E-state index in [1.54, 1.807) is 7.11 Å². The molecule has 0 aromatic carbocycles. The smallest absolute Gasteiger partial charge is 0.221 e. The third kappa shape index (κ3) is 2.81. The average Bonchev–Trinajstić information content (AvgIpc) is 2.27. The molecule has 0 bridgehead atoms. The summed E-state index contributed by atoms with van der Waals surface area (Å²) in [6, 6.07) is 0. The SMILES string of the molecule is CCN(CCBr)c1ncnc(OC)c1C. The molecule has 0 unspecified atom stereocenters. The van der Waals surface area contributed by atoms with Crippen LogP contribution < -0.4 is 9.64 Å². The van der Waals surface area contributed by atoms with Crippen molar-refractivity contribution in [3.05, 3.63) is 11.9 Å². The van der Waals surface area contributed by atoms with E-state index in [0.29, 0.717) is 5.88 Å². The van der Waals surface area contributed by atoms with Crippen LogP contribution in [0.1, 0.15) is 12.5 Å². The van der Waals surface area contributed by atoms with E-state index in [0.717, 1.165) is 29.8 Å². The Bertz CT molecular complexity index is 320. The molecule has 15 heavy (non-hydrogen) atoms. The predicted molar refractivity (Wildman–Crippen MR) is 65.0 cm³/mol. The van der Waals surface area contributed by atoms with E-state index in [-0.39, 0.29) is 0 Å². The quantitative estimate of drug-likeness (QED) is 0.770. The highest BCUT2D eigenvalue weighted by Crippen LogP contribution is 2.23. The summed E-state index contributed by atoms with van der Waals surface area (Å²) >= 11 is 3.43. The number of methoxy groups -OCH3 is 1. The van der Waals surface area contributed by atoms with E-state index in [1.165, 1.54) is 6.33 Å². The fourth-order valence-electron chi connectivity index (χ4n) is 1.47. The molecule has 1 aromatic rings. The summed E-state index contributed by atoms with van der Waals surface area (Å²) in [5, 5.41) is 0.923. The Morgan fingerprint density at radius 2 is 2.20 bits per heavy atom. The van der Waals surface area contributed by atoms with Gasteiger partial charge in [0, 0.05) is 18.4 Å². The molecule has 5 heteroatoms. The van der Waals surface area contributed by atoms with Crippen molar-refractivity contribution in [2.75, 3.05) is 30.4 Å². The number of anilines is 1. The molecular weight excluding hydrogens is 258 g/mol. The zero-order valence-corrected chi connectivity index (χ0v) is 10.9. The van der Waals surface area contributed by atoms with Crippen molar-refractivity contribution in [2.24, 2.45) is 0 Å². The van der Waals surface area contributed by atoms with Crippen LogP contribution >= 0.6 is 15.9 Å². The minimum Gasteiger partial charge on any atom is -0.481 e. The number of ether oxygens (including phenoxy) is 1. The lowest BCUT2D eigenvalue weighted by Gasteiger charge is -2.22. The van der Waals surface area contributed by atoms with Crippen LogP contribution in [-0.2, 0) is 0 Å². The van der Waals surface area contributed by atoms with Crippen molar-refractivity contribution in [3.63, 3.8) is 0 Å². The van der Waals surface area contributed by atoms with Crippen LogP contribution in [0.2, 0.25) is 0 Å². The summed E-state index contributed by atoms with van der Waals surface area (Å²) in [5.74, 6) is 1.59. The molecule has 0 radical (unpaired) electrons. The monoisotopic (exact) mass is 273 g/mol. The molecular formula is C10H16BrN3O. The van der Waals surface area contributed by atoms with Crippen molar-refractivity contribution in [1.29, 1.82) is 0 Å². The van der Waals surface area contributed by atoms with Gasteiger partial charge in [0.15, 0.2) is 0 Å². The number of aromatic nitrogens is 2. The van der Waals surface area contributed by atoms with Crippen molar-refractivity contribution in [2.45, 2.75) is 13.8 Å². The van der Waals surface area contributed by atoms with Gasteiger partial charge in [0.1, 0.15) is 12.1 Å². The normalized spacial score (nSPS) is 10.1. The average molecular weight is 274 g/mol. The van der Waals surface area contributed by atoms with Crippen LogP contribution in [-0.4, -0.2) is 35.5 Å². The zero-order chi connectivity index (χ0) is 11.3. The molecule has 0 aliphatic carbocycles. The molecule has 0 aliphatic heterocycles. The number of nitrogens with zero attached hydrogens (tertiary/aromatic N) is 3. The number of halogens is 1. The minimum atomic E-state index is 0.646. The number of hydrogen-bond donors (Lipinski definition) is 0. The number of hydrogen-bond acceptors (Lipinski definition) is 4. The molecule has 0 saturated heterocycles. The van der Waals surface area contributed by atoms with Crippen molar-refractivity contribution < 1.29 is 4.74 Å². The van der Waals surface area contributed by atoms with Gasteiger partial charge in [-0.2, -0.15) is 0 Å². The molecule has 0 amide bonds. The maximum absolute atomic E-state index is 5.17. The Morgan fingerprint density at radius 1 is 1.47 bits per heavy atom. The molecule has 0 spiro atoms. The van der Waals surface area contributed by atoms with E-state index in [2.05, 4.69) is 37.7 Å². The molecule has 0 fully saturated rings. The molecule has 0 atom stereocenters. The fraction of sp³-hybridized carbons (Fsp3) is 0.600. The number of rotatable bonds is 5. The third-order valence-electron chi connectivity index (χ3n) is 2.24. The van der Waals surface area contributed by atoms with Crippen molar-refractivity contribution >= 4 is 21.7 Å². The second kappa shape index (κ2) is 5.90. The molecule has 0 aliphatic rings. The van der Waals surface area contributed by atoms with Gasteiger partial charge >= 0.3 is 0 Å². The zero-order valence-electron chi connectivity index (χ0n) is 9.33. The minimum absolute atomic E-state index is 0.646. The van der Waals surface area contributed by atoms with Gasteiger partial charge in [0.05, 0.1) is 12.7 Å². The van der Waals surface area contributed by atoms with Crippen LogP contribution in [0.5, 0.6) is 5.88 Å². The molecule has 1 aromatic heterocycles. The molecule has 1 heterocycles. The van der Waals surface area contributed by atoms with E-state index < -0.39 is 0 Å². The Hall–Kier alpha value is -0.840. The van der Waals surface area contributed by atoms with Gasteiger partial charge in [0.2, 0.25) is 5.88 Å². The van der Waals surface area contributed by atoms with Crippen molar-refractivity contribution in [1.82, 2.24) is 9.97 Å². The maximum atomic E-state index is 5.17. The van der Waals surface area contributed by atoms with Crippen LogP contribution in [0.3, 0.4) is 0 Å². The predicted octanol–water partition coefficient (Wildman–Crippen LogP) is 2.01. The van der Waals surface area contributed by atoms with Gasteiger partial charge in [-0.1, -0.05) is 15.9 Å². The summed E-state index contributed by atoms with van der Waals surface area (Å²) in [5.41, 5.74) is 0.989. The third-order valence-corrected chi connectivity index (χ3v) is 2.59. The summed E-state index contributed by atoms with van der Waals surface area (Å²) < 4.78 is 5.17. The second-order valence-corrected chi connectivity index (χ2v) is 3.89. The summed E-state index contributed by atoms with van der Waals surface area (Å²) in [7, 11) is 1.62. The maximum Gasteiger partial charge on any atom is 0.221 e. The van der Waals surface area contributed by atoms with Crippen molar-refractivity contribution in [3.8, 4) is 5.88 Å². The Labute approximate surface area is 98.8 Å². The molecule has 1 rings (SSSR count). The topological polar surface area (TPSA) is 38.2 Å². The first-order valence-corrected chi connectivity index (χ1v) is 6.03. The lowest BCUT2D eigenvalue weighted by Crippen LogP contribution is -2.26. The van der Waals surface area contributed by atoms with Gasteiger partial charge in [-0.05, 0) is 13.8 Å². The van der Waals surface area contributed by atoms with E-state index in [9.17, 15) is 0 Å². The van der Waals surface area contributed by atoms with Gasteiger partial charge in [0.25, 0.3) is 0 Å². The molecule has 84 valence electrons. The first kappa shape index (κ1) is 12.2. The molecule has 0 N–H and O–H groups in total. The van der Waals surface area contributed by atoms with E-state index in [4.69, 9.17) is 4.74 Å². The fourth-order valence-corrected chi connectivity index (χ4v) is 1.89. The Kier molecular flexibility index (Phi) is 4.81. The summed E-state index contributed by atoms with van der Waals surface area (Å²) in [4.78, 5) is 10.5. The summed E-state index contributed by atoms with van der Waals surface area (Å²) in [6.07, 6.45) is 1.54. The van der Waals surface area contributed by atoms with Gasteiger partial charge in [-0.15, -0.1) is 0 Å². The standard InChI is InChI=1S/C10H16BrN3O/c1-4-14(6-5-11)9-8(2)10(15-3)13-7-12-9/h7H,4-6H2,1-3H3. The van der Waals surface area contributed by atoms with Gasteiger partial charge < -0.3 is 9.64 Å².